The molecule has 27 heavy (non-hydrogen) atoms. The van der Waals surface area contributed by atoms with Gasteiger partial charge in [-0.05, 0) is 63.9 Å². The minimum absolute atomic E-state index is 0.0113. The van der Waals surface area contributed by atoms with Gasteiger partial charge in [0.2, 0.25) is 10.0 Å². The molecule has 0 radical (unpaired) electrons. The summed E-state index contributed by atoms with van der Waals surface area (Å²) in [6, 6.07) is 2.11. The van der Waals surface area contributed by atoms with E-state index in [0.717, 1.165) is 18.2 Å². The van der Waals surface area contributed by atoms with Gasteiger partial charge < -0.3 is 15.8 Å². The summed E-state index contributed by atoms with van der Waals surface area (Å²) < 4.78 is 58.7. The lowest BCUT2D eigenvalue weighted by Crippen LogP contribution is -2.47. The lowest BCUT2D eigenvalue weighted by Gasteiger charge is -2.24. The van der Waals surface area contributed by atoms with Crippen molar-refractivity contribution in [3.8, 4) is 0 Å². The topological polar surface area (TPSA) is 111 Å². The standard InChI is InChI=1S/C17H27F2N3O4S/c1-17(2,3)26-16(23)22-14(11-21-27(24,25)8-4-7-20)10-12-9-13(18)5-6-15(12)19/h5-6,9,14,21H,4,7-8,10-11,20H2,1-3H3,(H,22,23). The average molecular weight is 407 g/mol. The largest absolute Gasteiger partial charge is 0.444 e. The number of carbonyl (C=O) groups is 1. The molecular weight excluding hydrogens is 380 g/mol. The van der Waals surface area contributed by atoms with Crippen molar-refractivity contribution in [2.45, 2.75) is 45.3 Å². The Bertz CT molecular complexity index is 736. The Kier molecular flexibility index (Phi) is 8.58. The molecule has 0 aliphatic carbocycles. The first kappa shape index (κ1) is 23.3. The highest BCUT2D eigenvalue weighted by Gasteiger charge is 2.22. The summed E-state index contributed by atoms with van der Waals surface area (Å²) in [6.45, 7) is 5.02. The zero-order valence-electron chi connectivity index (χ0n) is 15.7. The molecule has 0 saturated heterocycles. The summed E-state index contributed by atoms with van der Waals surface area (Å²) in [5.41, 5.74) is 4.55. The van der Waals surface area contributed by atoms with Crippen molar-refractivity contribution in [1.82, 2.24) is 10.0 Å². The third-order valence-electron chi connectivity index (χ3n) is 3.36. The number of alkyl carbamates (subject to hydrolysis) is 1. The highest BCUT2D eigenvalue weighted by molar-refractivity contribution is 7.89. The van der Waals surface area contributed by atoms with Crippen LogP contribution in [0.1, 0.15) is 32.8 Å². The normalized spacial score (nSPS) is 13.3. The molecular formula is C17H27F2N3O4S. The maximum atomic E-state index is 13.9. The lowest BCUT2D eigenvalue weighted by molar-refractivity contribution is 0.0504. The van der Waals surface area contributed by atoms with Gasteiger partial charge in [-0.3, -0.25) is 0 Å². The summed E-state index contributed by atoms with van der Waals surface area (Å²) in [4.78, 5) is 12.0. The first-order chi connectivity index (χ1) is 12.4. The summed E-state index contributed by atoms with van der Waals surface area (Å²) in [7, 11) is -3.61. The van der Waals surface area contributed by atoms with Gasteiger partial charge in [0, 0.05) is 12.6 Å². The van der Waals surface area contributed by atoms with Gasteiger partial charge in [-0.1, -0.05) is 0 Å². The highest BCUT2D eigenvalue weighted by atomic mass is 32.2. The highest BCUT2D eigenvalue weighted by Crippen LogP contribution is 2.13. The molecule has 10 heteroatoms. The van der Waals surface area contributed by atoms with Crippen LogP contribution in [0.4, 0.5) is 13.6 Å². The quantitative estimate of drug-likeness (QED) is 0.577. The number of nitrogens with two attached hydrogens (primary N) is 1. The van der Waals surface area contributed by atoms with Crippen LogP contribution in [0, 0.1) is 11.6 Å². The van der Waals surface area contributed by atoms with Gasteiger partial charge in [0.25, 0.3) is 0 Å². The average Bonchev–Trinajstić information content (AvgIpc) is 2.52. The van der Waals surface area contributed by atoms with Crippen LogP contribution >= 0.6 is 0 Å². The van der Waals surface area contributed by atoms with E-state index in [0.29, 0.717) is 0 Å². The van der Waals surface area contributed by atoms with Gasteiger partial charge in [0.1, 0.15) is 17.2 Å². The third kappa shape index (κ3) is 9.64. The molecule has 1 aromatic rings. The molecule has 154 valence electrons. The number of hydrogen-bond donors (Lipinski definition) is 3. The summed E-state index contributed by atoms with van der Waals surface area (Å²) in [6.07, 6.45) is -0.634. The number of nitrogens with one attached hydrogen (secondary N) is 2. The van der Waals surface area contributed by atoms with Gasteiger partial charge in [-0.2, -0.15) is 0 Å². The molecule has 0 heterocycles. The Morgan fingerprint density at radius 2 is 1.96 bits per heavy atom. The molecule has 1 atom stereocenters. The summed E-state index contributed by atoms with van der Waals surface area (Å²) >= 11 is 0. The molecule has 0 bridgehead atoms. The maximum absolute atomic E-state index is 13.9. The Balaban J connectivity index is 2.88. The second-order valence-electron chi connectivity index (χ2n) is 7.09. The Labute approximate surface area is 158 Å². The molecule has 0 fully saturated rings. The number of ether oxygens (including phenoxy) is 1. The van der Waals surface area contributed by atoms with E-state index in [4.69, 9.17) is 10.5 Å². The van der Waals surface area contributed by atoms with Crippen molar-refractivity contribution >= 4 is 16.1 Å². The van der Waals surface area contributed by atoms with E-state index in [1.165, 1.54) is 0 Å². The summed E-state index contributed by atoms with van der Waals surface area (Å²) in [5.74, 6) is -1.46. The van der Waals surface area contributed by atoms with Crippen LogP contribution in [0.5, 0.6) is 0 Å². The van der Waals surface area contributed by atoms with Gasteiger partial charge in [-0.25, -0.2) is 26.7 Å². The number of benzene rings is 1. The molecule has 1 aromatic carbocycles. The minimum Gasteiger partial charge on any atom is -0.444 e. The zero-order valence-corrected chi connectivity index (χ0v) is 16.5. The fourth-order valence-electron chi connectivity index (χ4n) is 2.19. The predicted molar refractivity (Wildman–Crippen MR) is 98.7 cm³/mol. The van der Waals surface area contributed by atoms with Gasteiger partial charge in [0.05, 0.1) is 5.75 Å². The van der Waals surface area contributed by atoms with Crippen molar-refractivity contribution in [3.05, 3.63) is 35.4 Å². The smallest absolute Gasteiger partial charge is 0.407 e. The molecule has 4 N–H and O–H groups in total. The number of carbonyl (C=O) groups excluding carboxylic acids is 1. The van der Waals surface area contributed by atoms with E-state index in [-0.39, 0.29) is 37.2 Å². The van der Waals surface area contributed by atoms with E-state index in [2.05, 4.69) is 10.0 Å². The van der Waals surface area contributed by atoms with Crippen molar-refractivity contribution in [1.29, 1.82) is 0 Å². The molecule has 0 aliphatic heterocycles. The summed E-state index contributed by atoms with van der Waals surface area (Å²) in [5, 5.41) is 2.50. The van der Waals surface area contributed by atoms with Crippen LogP contribution in [0.3, 0.4) is 0 Å². The van der Waals surface area contributed by atoms with Crippen LogP contribution in [0.25, 0.3) is 0 Å². The van der Waals surface area contributed by atoms with Crippen molar-refractivity contribution in [3.63, 3.8) is 0 Å². The molecule has 1 rings (SSSR count). The second-order valence-corrected chi connectivity index (χ2v) is 9.02. The molecule has 0 spiro atoms. The Hall–Kier alpha value is -1.78. The molecule has 0 saturated carbocycles. The van der Waals surface area contributed by atoms with Gasteiger partial charge in [-0.15, -0.1) is 0 Å². The number of amides is 1. The Morgan fingerprint density at radius 3 is 2.56 bits per heavy atom. The van der Waals surface area contributed by atoms with Crippen molar-refractivity contribution in [2.24, 2.45) is 5.73 Å². The van der Waals surface area contributed by atoms with Gasteiger partial charge >= 0.3 is 6.09 Å². The van der Waals surface area contributed by atoms with Crippen molar-refractivity contribution < 1.29 is 26.7 Å². The predicted octanol–water partition coefficient (Wildman–Crippen LogP) is 1.67. The van der Waals surface area contributed by atoms with Crippen LogP contribution in [-0.4, -0.2) is 45.0 Å². The maximum Gasteiger partial charge on any atom is 0.407 e. The fourth-order valence-corrected chi connectivity index (χ4v) is 3.33. The van der Waals surface area contributed by atoms with Crippen molar-refractivity contribution in [2.75, 3.05) is 18.8 Å². The fraction of sp³-hybridized carbons (Fsp3) is 0.588. The monoisotopic (exact) mass is 407 g/mol. The SMILES string of the molecule is CC(C)(C)OC(=O)NC(CNS(=O)(=O)CCCN)Cc1cc(F)ccc1F. The molecule has 0 aliphatic rings. The molecule has 0 aromatic heterocycles. The van der Waals surface area contributed by atoms with Gasteiger partial charge in [0.15, 0.2) is 0 Å². The Morgan fingerprint density at radius 1 is 1.30 bits per heavy atom. The second kappa shape index (κ2) is 9.95. The lowest BCUT2D eigenvalue weighted by atomic mass is 10.1. The van der Waals surface area contributed by atoms with E-state index in [1.54, 1.807) is 20.8 Å². The number of halogens is 2. The van der Waals surface area contributed by atoms with Crippen LogP contribution in [0.15, 0.2) is 18.2 Å². The molecule has 7 nitrogen and oxygen atoms in total. The minimum atomic E-state index is -3.61. The van der Waals surface area contributed by atoms with E-state index in [9.17, 15) is 22.0 Å². The van der Waals surface area contributed by atoms with E-state index >= 15 is 0 Å². The first-order valence-corrected chi connectivity index (χ1v) is 10.2. The van der Waals surface area contributed by atoms with Crippen LogP contribution < -0.4 is 15.8 Å². The van der Waals surface area contributed by atoms with E-state index < -0.39 is 39.4 Å². The number of hydrogen-bond acceptors (Lipinski definition) is 5. The zero-order chi connectivity index (χ0) is 20.7. The first-order valence-electron chi connectivity index (χ1n) is 8.53. The molecule has 1 amide bonds. The third-order valence-corrected chi connectivity index (χ3v) is 4.79. The van der Waals surface area contributed by atoms with E-state index in [1.807, 2.05) is 0 Å². The van der Waals surface area contributed by atoms with Crippen LogP contribution in [-0.2, 0) is 21.2 Å². The number of rotatable bonds is 9. The van der Waals surface area contributed by atoms with Crippen LogP contribution in [0.2, 0.25) is 0 Å². The number of sulfonamides is 1. The molecule has 1 unspecified atom stereocenters.